The molecule has 1 fully saturated rings. The number of amides is 1. The monoisotopic (exact) mass is 317 g/mol. The molecule has 7 heteroatoms. The van der Waals surface area contributed by atoms with Gasteiger partial charge in [0.1, 0.15) is 5.60 Å². The van der Waals surface area contributed by atoms with Crippen LogP contribution in [-0.2, 0) is 4.74 Å². The van der Waals surface area contributed by atoms with Crippen LogP contribution in [0.15, 0.2) is 29.4 Å². The molecule has 2 rings (SSSR count). The van der Waals surface area contributed by atoms with Gasteiger partial charge in [-0.3, -0.25) is 0 Å². The lowest BCUT2D eigenvalue weighted by Gasteiger charge is -2.34. The number of azide groups is 1. The number of nitrogens with one attached hydrogen (secondary N) is 1. The first-order valence-corrected chi connectivity index (χ1v) is 7.77. The Kier molecular flexibility index (Phi) is 5.34. The maximum atomic E-state index is 12.0. The van der Waals surface area contributed by atoms with Gasteiger partial charge in [0.25, 0.3) is 0 Å². The zero-order chi connectivity index (χ0) is 16.9. The standard InChI is InChI=1S/C16H23N5O2/c1-16(2,3)23-15(22)21-10-8-13(9-11-21)18-12-4-6-14(7-5-12)19-20-17/h4-7,13,18H,8-11H2,1-3H3. The Hall–Kier alpha value is -2.40. The molecule has 0 atom stereocenters. The summed E-state index contributed by atoms with van der Waals surface area (Å²) in [7, 11) is 0. The lowest BCUT2D eigenvalue weighted by Crippen LogP contribution is -2.44. The summed E-state index contributed by atoms with van der Waals surface area (Å²) >= 11 is 0. The lowest BCUT2D eigenvalue weighted by atomic mass is 10.0. The van der Waals surface area contributed by atoms with Crippen LogP contribution in [-0.4, -0.2) is 35.7 Å². The fourth-order valence-corrected chi connectivity index (χ4v) is 2.44. The van der Waals surface area contributed by atoms with Crippen LogP contribution in [0, 0.1) is 0 Å². The Bertz CT molecular complexity index is 579. The topological polar surface area (TPSA) is 90.3 Å². The number of carbonyl (C=O) groups is 1. The molecule has 23 heavy (non-hydrogen) atoms. The second-order valence-electron chi connectivity index (χ2n) is 6.62. The van der Waals surface area contributed by atoms with E-state index in [1.165, 1.54) is 0 Å². The first kappa shape index (κ1) is 17.0. The number of anilines is 1. The predicted molar refractivity (Wildman–Crippen MR) is 89.7 cm³/mol. The average molecular weight is 317 g/mol. The molecular formula is C16H23N5O2. The van der Waals surface area contributed by atoms with E-state index in [2.05, 4.69) is 15.3 Å². The van der Waals surface area contributed by atoms with Crippen LogP contribution in [0.3, 0.4) is 0 Å². The highest BCUT2D eigenvalue weighted by Crippen LogP contribution is 2.21. The molecule has 1 aromatic carbocycles. The van der Waals surface area contributed by atoms with Crippen molar-refractivity contribution in [2.45, 2.75) is 45.3 Å². The van der Waals surface area contributed by atoms with E-state index >= 15 is 0 Å². The normalized spacial score (nSPS) is 15.7. The molecular weight excluding hydrogens is 294 g/mol. The smallest absolute Gasteiger partial charge is 0.410 e. The van der Waals surface area contributed by atoms with Crippen molar-refractivity contribution in [1.82, 2.24) is 4.90 Å². The van der Waals surface area contributed by atoms with Crippen molar-refractivity contribution >= 4 is 17.5 Å². The van der Waals surface area contributed by atoms with Gasteiger partial charge in [0.2, 0.25) is 0 Å². The number of nitrogens with zero attached hydrogens (tertiary/aromatic N) is 4. The van der Waals surface area contributed by atoms with E-state index in [4.69, 9.17) is 10.3 Å². The van der Waals surface area contributed by atoms with Gasteiger partial charge in [0.05, 0.1) is 0 Å². The number of hydrogen-bond donors (Lipinski definition) is 1. The fourth-order valence-electron chi connectivity index (χ4n) is 2.44. The number of ether oxygens (including phenoxy) is 1. The maximum absolute atomic E-state index is 12.0. The van der Waals surface area contributed by atoms with Gasteiger partial charge in [0.15, 0.2) is 0 Å². The van der Waals surface area contributed by atoms with Gasteiger partial charge in [-0.25, -0.2) is 4.79 Å². The molecule has 1 saturated heterocycles. The Balaban J connectivity index is 1.82. The van der Waals surface area contributed by atoms with E-state index in [1.807, 2.05) is 32.9 Å². The first-order valence-electron chi connectivity index (χ1n) is 7.77. The van der Waals surface area contributed by atoms with Gasteiger partial charge >= 0.3 is 6.09 Å². The molecule has 0 bridgehead atoms. The molecule has 0 aliphatic carbocycles. The van der Waals surface area contributed by atoms with Gasteiger partial charge in [-0.1, -0.05) is 17.2 Å². The molecule has 124 valence electrons. The van der Waals surface area contributed by atoms with Gasteiger partial charge in [-0.15, -0.1) is 0 Å². The van der Waals surface area contributed by atoms with Crippen molar-refractivity contribution in [2.24, 2.45) is 5.11 Å². The molecule has 1 aliphatic heterocycles. The summed E-state index contributed by atoms with van der Waals surface area (Å²) in [6.45, 7) is 6.99. The van der Waals surface area contributed by atoms with Crippen molar-refractivity contribution in [3.05, 3.63) is 34.7 Å². The number of piperidine rings is 1. The minimum Gasteiger partial charge on any atom is -0.444 e. The molecule has 1 N–H and O–H groups in total. The predicted octanol–water partition coefficient (Wildman–Crippen LogP) is 4.44. The Labute approximate surface area is 136 Å². The number of carbonyl (C=O) groups excluding carboxylic acids is 1. The molecule has 0 spiro atoms. The van der Waals surface area contributed by atoms with Gasteiger partial charge in [-0.2, -0.15) is 0 Å². The molecule has 1 aliphatic rings. The number of likely N-dealkylation sites (tertiary alicyclic amines) is 1. The van der Waals surface area contributed by atoms with Gasteiger partial charge in [-0.05, 0) is 51.3 Å². The van der Waals surface area contributed by atoms with Crippen molar-refractivity contribution in [1.29, 1.82) is 0 Å². The van der Waals surface area contributed by atoms with Crippen LogP contribution in [0.25, 0.3) is 10.4 Å². The lowest BCUT2D eigenvalue weighted by molar-refractivity contribution is 0.0210. The third-order valence-corrected chi connectivity index (χ3v) is 3.54. The minimum atomic E-state index is -0.458. The molecule has 1 heterocycles. The fraction of sp³-hybridized carbons (Fsp3) is 0.562. The quantitative estimate of drug-likeness (QED) is 0.507. The molecule has 0 radical (unpaired) electrons. The number of rotatable bonds is 3. The van der Waals surface area contributed by atoms with Crippen molar-refractivity contribution < 1.29 is 9.53 Å². The van der Waals surface area contributed by atoms with E-state index in [0.29, 0.717) is 24.8 Å². The number of hydrogen-bond acceptors (Lipinski definition) is 4. The summed E-state index contributed by atoms with van der Waals surface area (Å²) < 4.78 is 5.39. The van der Waals surface area contributed by atoms with Crippen LogP contribution < -0.4 is 5.32 Å². The van der Waals surface area contributed by atoms with Crippen LogP contribution in [0.4, 0.5) is 16.2 Å². The summed E-state index contributed by atoms with van der Waals surface area (Å²) in [6, 6.07) is 7.66. The SMILES string of the molecule is CC(C)(C)OC(=O)N1CCC(Nc2ccc(N=[N+]=[N-])cc2)CC1. The van der Waals surface area contributed by atoms with Crippen molar-refractivity contribution in [2.75, 3.05) is 18.4 Å². The van der Waals surface area contributed by atoms with E-state index in [0.717, 1.165) is 18.5 Å². The van der Waals surface area contributed by atoms with E-state index < -0.39 is 5.60 Å². The summed E-state index contributed by atoms with van der Waals surface area (Å²) in [5, 5.41) is 6.99. The van der Waals surface area contributed by atoms with E-state index in [9.17, 15) is 4.79 Å². The third kappa shape index (κ3) is 5.38. The largest absolute Gasteiger partial charge is 0.444 e. The zero-order valence-corrected chi connectivity index (χ0v) is 13.8. The van der Waals surface area contributed by atoms with Crippen LogP contribution in [0.1, 0.15) is 33.6 Å². The Morgan fingerprint density at radius 3 is 2.43 bits per heavy atom. The highest BCUT2D eigenvalue weighted by molar-refractivity contribution is 5.68. The first-order chi connectivity index (χ1) is 10.9. The molecule has 0 unspecified atom stereocenters. The highest BCUT2D eigenvalue weighted by Gasteiger charge is 2.26. The summed E-state index contributed by atoms with van der Waals surface area (Å²) in [4.78, 5) is 16.5. The molecule has 0 saturated carbocycles. The Morgan fingerprint density at radius 1 is 1.30 bits per heavy atom. The van der Waals surface area contributed by atoms with Gasteiger partial charge < -0.3 is 15.0 Å². The molecule has 7 nitrogen and oxygen atoms in total. The van der Waals surface area contributed by atoms with Crippen molar-refractivity contribution in [3.8, 4) is 0 Å². The molecule has 1 aromatic rings. The van der Waals surface area contributed by atoms with E-state index in [-0.39, 0.29) is 6.09 Å². The summed E-state index contributed by atoms with van der Waals surface area (Å²) in [5.74, 6) is 0. The third-order valence-electron chi connectivity index (χ3n) is 3.54. The van der Waals surface area contributed by atoms with Crippen LogP contribution in [0.5, 0.6) is 0 Å². The van der Waals surface area contributed by atoms with Crippen LogP contribution in [0.2, 0.25) is 0 Å². The summed E-state index contributed by atoms with van der Waals surface area (Å²) in [5.41, 5.74) is 9.51. The highest BCUT2D eigenvalue weighted by atomic mass is 16.6. The zero-order valence-electron chi connectivity index (χ0n) is 13.8. The minimum absolute atomic E-state index is 0.241. The molecule has 1 amide bonds. The van der Waals surface area contributed by atoms with Crippen LogP contribution >= 0.6 is 0 Å². The molecule has 0 aromatic heterocycles. The Morgan fingerprint density at radius 2 is 1.91 bits per heavy atom. The number of benzene rings is 1. The second kappa shape index (κ2) is 7.24. The van der Waals surface area contributed by atoms with Gasteiger partial charge in [0, 0.05) is 35.4 Å². The summed E-state index contributed by atoms with van der Waals surface area (Å²) in [6.07, 6.45) is 1.50. The maximum Gasteiger partial charge on any atom is 0.410 e. The van der Waals surface area contributed by atoms with Crippen molar-refractivity contribution in [3.63, 3.8) is 0 Å². The second-order valence-corrected chi connectivity index (χ2v) is 6.62. The average Bonchev–Trinajstić information content (AvgIpc) is 2.48. The van der Waals surface area contributed by atoms with E-state index in [1.54, 1.807) is 17.0 Å².